The number of anilines is 1. The van der Waals surface area contributed by atoms with Gasteiger partial charge in [0.25, 0.3) is 0 Å². The first-order chi connectivity index (χ1) is 13.9. The van der Waals surface area contributed by atoms with Crippen LogP contribution in [0.4, 0.5) is 5.13 Å². The highest BCUT2D eigenvalue weighted by Gasteiger charge is 2.33. The standard InChI is InChI=1S/C19H17Cl2N3O3S2/c20-14-8-9-15(21)17-16(14)22-19(28-17)23-18(25)12-5-4-10-24(11-12)29(26,27)13-6-2-1-3-7-13/h1-3,6-9,12H,4-5,10-11H2,(H,22,23,25). The lowest BCUT2D eigenvalue weighted by Gasteiger charge is -2.31. The van der Waals surface area contributed by atoms with Gasteiger partial charge in [0.05, 0.1) is 25.6 Å². The first-order valence-electron chi connectivity index (χ1n) is 8.97. The Morgan fingerprint density at radius 3 is 2.59 bits per heavy atom. The SMILES string of the molecule is O=C(Nc1nc2c(Cl)ccc(Cl)c2s1)C1CCCN(S(=O)(=O)c2ccccc2)C1. The number of benzene rings is 2. The zero-order valence-electron chi connectivity index (χ0n) is 15.1. The van der Waals surface area contributed by atoms with Crippen molar-refractivity contribution in [3.05, 3.63) is 52.5 Å². The number of nitrogens with one attached hydrogen (secondary N) is 1. The van der Waals surface area contributed by atoms with Gasteiger partial charge in [-0.15, -0.1) is 0 Å². The van der Waals surface area contributed by atoms with Crippen LogP contribution < -0.4 is 5.32 Å². The molecule has 29 heavy (non-hydrogen) atoms. The Bertz CT molecular complexity index is 1130. The van der Waals surface area contributed by atoms with E-state index >= 15 is 0 Å². The van der Waals surface area contributed by atoms with Crippen LogP contribution in [-0.4, -0.2) is 36.7 Å². The van der Waals surface area contributed by atoms with Crippen LogP contribution in [0.2, 0.25) is 10.0 Å². The number of carbonyl (C=O) groups is 1. The van der Waals surface area contributed by atoms with Gasteiger partial charge in [-0.3, -0.25) is 4.79 Å². The fourth-order valence-corrected chi connectivity index (χ4v) is 6.29. The second-order valence-corrected chi connectivity index (χ2v) is 10.5. The molecule has 0 radical (unpaired) electrons. The van der Waals surface area contributed by atoms with E-state index in [0.29, 0.717) is 44.8 Å². The van der Waals surface area contributed by atoms with Crippen molar-refractivity contribution < 1.29 is 13.2 Å². The van der Waals surface area contributed by atoms with Gasteiger partial charge in [0.1, 0.15) is 5.52 Å². The van der Waals surface area contributed by atoms with E-state index in [-0.39, 0.29) is 17.3 Å². The van der Waals surface area contributed by atoms with Crippen LogP contribution in [0.1, 0.15) is 12.8 Å². The van der Waals surface area contributed by atoms with Crippen molar-refractivity contribution in [3.8, 4) is 0 Å². The minimum Gasteiger partial charge on any atom is -0.302 e. The summed E-state index contributed by atoms with van der Waals surface area (Å²) in [4.78, 5) is 17.4. The molecule has 1 N–H and O–H groups in total. The molecule has 1 aromatic heterocycles. The molecular weight excluding hydrogens is 453 g/mol. The Morgan fingerprint density at radius 1 is 1.14 bits per heavy atom. The van der Waals surface area contributed by atoms with E-state index in [9.17, 15) is 13.2 Å². The molecule has 1 aliphatic rings. The monoisotopic (exact) mass is 469 g/mol. The van der Waals surface area contributed by atoms with Crippen molar-refractivity contribution in [1.29, 1.82) is 0 Å². The number of rotatable bonds is 4. The summed E-state index contributed by atoms with van der Waals surface area (Å²) in [5.41, 5.74) is 0.538. The van der Waals surface area contributed by atoms with Crippen LogP contribution >= 0.6 is 34.5 Å². The van der Waals surface area contributed by atoms with Gasteiger partial charge in [0, 0.05) is 13.1 Å². The van der Waals surface area contributed by atoms with Crippen LogP contribution in [0.15, 0.2) is 47.4 Å². The van der Waals surface area contributed by atoms with Crippen molar-refractivity contribution in [2.75, 3.05) is 18.4 Å². The number of fused-ring (bicyclic) bond motifs is 1. The number of halogens is 2. The van der Waals surface area contributed by atoms with E-state index < -0.39 is 15.9 Å². The van der Waals surface area contributed by atoms with Gasteiger partial charge in [0.2, 0.25) is 15.9 Å². The van der Waals surface area contributed by atoms with Crippen molar-refractivity contribution in [2.24, 2.45) is 5.92 Å². The van der Waals surface area contributed by atoms with E-state index in [4.69, 9.17) is 23.2 Å². The zero-order valence-corrected chi connectivity index (χ0v) is 18.3. The normalized spacial score (nSPS) is 18.1. The number of sulfonamides is 1. The van der Waals surface area contributed by atoms with Gasteiger partial charge in [0.15, 0.2) is 5.13 Å². The lowest BCUT2D eigenvalue weighted by atomic mass is 9.99. The summed E-state index contributed by atoms with van der Waals surface area (Å²) in [6.07, 6.45) is 1.22. The van der Waals surface area contributed by atoms with Gasteiger partial charge < -0.3 is 5.32 Å². The summed E-state index contributed by atoms with van der Waals surface area (Å²) < 4.78 is 27.8. The number of nitrogens with zero attached hydrogens (tertiary/aromatic N) is 2. The molecule has 10 heteroatoms. The summed E-state index contributed by atoms with van der Waals surface area (Å²) in [5, 5.41) is 4.16. The molecule has 6 nitrogen and oxygen atoms in total. The molecule has 1 amide bonds. The van der Waals surface area contributed by atoms with Crippen LogP contribution in [-0.2, 0) is 14.8 Å². The average molecular weight is 470 g/mol. The Labute approximate surface area is 182 Å². The highest BCUT2D eigenvalue weighted by atomic mass is 35.5. The van der Waals surface area contributed by atoms with Crippen molar-refractivity contribution in [3.63, 3.8) is 0 Å². The summed E-state index contributed by atoms with van der Waals surface area (Å²) in [5.74, 6) is -0.718. The Hall–Kier alpha value is -1.71. The quantitative estimate of drug-likeness (QED) is 0.603. The summed E-state index contributed by atoms with van der Waals surface area (Å²) in [6, 6.07) is 11.6. The van der Waals surface area contributed by atoms with E-state index in [1.54, 1.807) is 42.5 Å². The summed E-state index contributed by atoms with van der Waals surface area (Å²) in [7, 11) is -3.63. The predicted molar refractivity (Wildman–Crippen MR) is 116 cm³/mol. The largest absolute Gasteiger partial charge is 0.302 e. The van der Waals surface area contributed by atoms with Gasteiger partial charge in [-0.1, -0.05) is 52.7 Å². The third-order valence-corrected chi connectivity index (χ3v) is 8.43. The molecule has 1 atom stereocenters. The molecule has 3 aromatic rings. The van der Waals surface area contributed by atoms with Crippen molar-refractivity contribution >= 4 is 65.8 Å². The molecule has 2 aromatic carbocycles. The second-order valence-electron chi connectivity index (χ2n) is 6.73. The Balaban J connectivity index is 1.51. The molecule has 0 saturated carbocycles. The van der Waals surface area contributed by atoms with Crippen molar-refractivity contribution in [2.45, 2.75) is 17.7 Å². The maximum Gasteiger partial charge on any atom is 0.243 e. The molecule has 1 unspecified atom stereocenters. The predicted octanol–water partition coefficient (Wildman–Crippen LogP) is 4.64. The maximum absolute atomic E-state index is 12.9. The van der Waals surface area contributed by atoms with Crippen LogP contribution in [0.3, 0.4) is 0 Å². The third kappa shape index (κ3) is 4.13. The highest BCUT2D eigenvalue weighted by molar-refractivity contribution is 7.89. The molecular formula is C19H17Cl2N3O3S2. The first-order valence-corrected chi connectivity index (χ1v) is 12.0. The van der Waals surface area contributed by atoms with Gasteiger partial charge in [-0.2, -0.15) is 4.31 Å². The van der Waals surface area contributed by atoms with Gasteiger partial charge in [-0.25, -0.2) is 13.4 Å². The number of aromatic nitrogens is 1. The first kappa shape index (κ1) is 20.6. The smallest absolute Gasteiger partial charge is 0.243 e. The molecule has 0 spiro atoms. The second kappa shape index (κ2) is 8.20. The fraction of sp³-hybridized carbons (Fsp3) is 0.263. The Kier molecular flexibility index (Phi) is 5.81. The molecule has 0 aliphatic carbocycles. The lowest BCUT2D eigenvalue weighted by molar-refractivity contribution is -0.120. The topological polar surface area (TPSA) is 79.4 Å². The van der Waals surface area contributed by atoms with E-state index in [0.717, 1.165) is 0 Å². The third-order valence-electron chi connectivity index (χ3n) is 4.81. The molecule has 152 valence electrons. The van der Waals surface area contributed by atoms with Crippen LogP contribution in [0.5, 0.6) is 0 Å². The minimum atomic E-state index is -3.63. The molecule has 1 saturated heterocycles. The van der Waals surface area contributed by atoms with Crippen LogP contribution in [0, 0.1) is 5.92 Å². The number of carbonyl (C=O) groups excluding carboxylic acids is 1. The molecule has 2 heterocycles. The number of amides is 1. The highest BCUT2D eigenvalue weighted by Crippen LogP contribution is 2.36. The van der Waals surface area contributed by atoms with Crippen molar-refractivity contribution in [1.82, 2.24) is 9.29 Å². The van der Waals surface area contributed by atoms with Gasteiger partial charge >= 0.3 is 0 Å². The number of thiazole rings is 1. The molecule has 1 fully saturated rings. The summed E-state index contributed by atoms with van der Waals surface area (Å²) in [6.45, 7) is 0.531. The average Bonchev–Trinajstić information content (AvgIpc) is 3.16. The molecule has 0 bridgehead atoms. The van der Waals surface area contributed by atoms with E-state index in [2.05, 4.69) is 10.3 Å². The Morgan fingerprint density at radius 2 is 1.86 bits per heavy atom. The summed E-state index contributed by atoms with van der Waals surface area (Å²) >= 11 is 13.6. The molecule has 1 aliphatic heterocycles. The van der Waals surface area contributed by atoms with Gasteiger partial charge in [-0.05, 0) is 37.1 Å². The van der Waals surface area contributed by atoms with Crippen LogP contribution in [0.25, 0.3) is 10.2 Å². The van der Waals surface area contributed by atoms with E-state index in [1.165, 1.54) is 15.6 Å². The number of piperidine rings is 1. The zero-order chi connectivity index (χ0) is 20.6. The lowest BCUT2D eigenvalue weighted by Crippen LogP contribution is -2.43. The van der Waals surface area contributed by atoms with E-state index in [1.807, 2.05) is 0 Å². The number of hydrogen-bond acceptors (Lipinski definition) is 5. The molecule has 4 rings (SSSR count). The minimum absolute atomic E-state index is 0.134. The maximum atomic E-state index is 12.9. The fourth-order valence-electron chi connectivity index (χ4n) is 3.32. The number of hydrogen-bond donors (Lipinski definition) is 1.